The topological polar surface area (TPSA) is 50.8 Å². The monoisotopic (exact) mass is 332 g/mol. The van der Waals surface area contributed by atoms with E-state index >= 15 is 0 Å². The number of ether oxygens (including phenoxy) is 2. The van der Waals surface area contributed by atoms with Gasteiger partial charge < -0.3 is 14.8 Å². The quantitative estimate of drug-likeness (QED) is 0.863. The summed E-state index contributed by atoms with van der Waals surface area (Å²) in [4.78, 5) is 14.8. The molecule has 0 aliphatic carbocycles. The van der Waals surface area contributed by atoms with E-state index in [4.69, 9.17) is 9.47 Å². The highest BCUT2D eigenvalue weighted by molar-refractivity contribution is 5.79. The molecule has 24 heavy (non-hydrogen) atoms. The van der Waals surface area contributed by atoms with Gasteiger partial charge >= 0.3 is 0 Å². The summed E-state index contributed by atoms with van der Waals surface area (Å²) in [5.74, 6) is 0.117. The maximum Gasteiger partial charge on any atom is 0.225 e. The molecule has 2 aliphatic heterocycles. The van der Waals surface area contributed by atoms with Crippen LogP contribution in [0.3, 0.4) is 0 Å². The van der Waals surface area contributed by atoms with Crippen LogP contribution in [0.2, 0.25) is 0 Å². The van der Waals surface area contributed by atoms with Crippen molar-refractivity contribution in [2.75, 3.05) is 32.9 Å². The molecule has 0 spiro atoms. The van der Waals surface area contributed by atoms with Gasteiger partial charge in [0.1, 0.15) is 0 Å². The van der Waals surface area contributed by atoms with Gasteiger partial charge in [0.15, 0.2) is 0 Å². The molecule has 3 unspecified atom stereocenters. The third-order valence-corrected chi connectivity index (χ3v) is 4.94. The number of rotatable bonds is 6. The summed E-state index contributed by atoms with van der Waals surface area (Å²) in [5.41, 5.74) is 1.32. The van der Waals surface area contributed by atoms with Crippen molar-refractivity contribution in [1.29, 1.82) is 0 Å². The Hall–Kier alpha value is -1.43. The zero-order valence-electron chi connectivity index (χ0n) is 14.4. The number of carbonyl (C=O) groups excluding carboxylic acids is 1. The van der Waals surface area contributed by atoms with Crippen molar-refractivity contribution in [3.05, 3.63) is 35.9 Å². The van der Waals surface area contributed by atoms with Crippen LogP contribution in [-0.4, -0.2) is 55.9 Å². The lowest BCUT2D eigenvalue weighted by Crippen LogP contribution is -2.54. The van der Waals surface area contributed by atoms with E-state index in [9.17, 15) is 4.79 Å². The summed E-state index contributed by atoms with van der Waals surface area (Å²) < 4.78 is 11.3. The van der Waals surface area contributed by atoms with Crippen LogP contribution in [0.4, 0.5) is 0 Å². The van der Waals surface area contributed by atoms with E-state index in [1.165, 1.54) is 5.56 Å². The zero-order valence-corrected chi connectivity index (χ0v) is 14.4. The fourth-order valence-corrected chi connectivity index (χ4v) is 3.46. The van der Waals surface area contributed by atoms with Crippen LogP contribution in [0.25, 0.3) is 0 Å². The molecular formula is C19H28N2O3. The summed E-state index contributed by atoms with van der Waals surface area (Å²) in [7, 11) is 0. The summed E-state index contributed by atoms with van der Waals surface area (Å²) in [5, 5.41) is 3.19. The summed E-state index contributed by atoms with van der Waals surface area (Å²) in [6.45, 7) is 6.79. The molecule has 5 heteroatoms. The van der Waals surface area contributed by atoms with Gasteiger partial charge in [-0.05, 0) is 18.4 Å². The number of carbonyl (C=O) groups is 1. The highest BCUT2D eigenvalue weighted by Crippen LogP contribution is 2.17. The molecule has 0 saturated carbocycles. The lowest BCUT2D eigenvalue weighted by Gasteiger charge is -2.37. The second-order valence-electron chi connectivity index (χ2n) is 6.71. The Balaban J connectivity index is 1.54. The van der Waals surface area contributed by atoms with E-state index < -0.39 is 0 Å². The normalized spacial score (nSPS) is 26.2. The highest BCUT2D eigenvalue weighted by atomic mass is 16.5. The van der Waals surface area contributed by atoms with Crippen LogP contribution >= 0.6 is 0 Å². The van der Waals surface area contributed by atoms with Crippen molar-refractivity contribution in [2.45, 2.75) is 38.5 Å². The number of hydrogen-bond acceptors (Lipinski definition) is 4. The van der Waals surface area contributed by atoms with Crippen LogP contribution in [0, 0.1) is 5.92 Å². The molecule has 5 nitrogen and oxygen atoms in total. The molecule has 3 rings (SSSR count). The van der Waals surface area contributed by atoms with Crippen LogP contribution in [0.1, 0.15) is 25.3 Å². The molecular weight excluding hydrogens is 304 g/mol. The number of amides is 1. The third kappa shape index (κ3) is 4.56. The number of benzene rings is 1. The number of hydrogen-bond donors (Lipinski definition) is 1. The second kappa shape index (κ2) is 8.60. The van der Waals surface area contributed by atoms with Crippen LogP contribution in [-0.2, 0) is 20.8 Å². The summed E-state index contributed by atoms with van der Waals surface area (Å²) >= 11 is 0. The Labute approximate surface area is 144 Å². The Morgan fingerprint density at radius 3 is 2.88 bits per heavy atom. The maximum absolute atomic E-state index is 12.4. The number of nitrogens with zero attached hydrogens (tertiary/aromatic N) is 1. The van der Waals surface area contributed by atoms with Crippen molar-refractivity contribution in [1.82, 2.24) is 10.2 Å². The first kappa shape index (κ1) is 17.4. The standard InChI is InChI=1S/C19H28N2O3/c1-2-17(20-19(22)16-8-10-23-14-16)18-13-21(9-11-24-18)12-15-6-4-3-5-7-15/h3-7,16-18H,2,8-14H2,1H3,(H,20,22). The Bertz CT molecular complexity index is 517. The Morgan fingerprint density at radius 2 is 2.17 bits per heavy atom. The smallest absolute Gasteiger partial charge is 0.225 e. The molecule has 0 aromatic heterocycles. The number of nitrogens with one attached hydrogen (secondary N) is 1. The van der Waals surface area contributed by atoms with Gasteiger partial charge in [-0.3, -0.25) is 9.69 Å². The molecule has 1 N–H and O–H groups in total. The molecule has 2 aliphatic rings. The first-order valence-electron chi connectivity index (χ1n) is 9.02. The molecule has 0 bridgehead atoms. The average Bonchev–Trinajstić information content (AvgIpc) is 3.15. The van der Waals surface area contributed by atoms with E-state index in [-0.39, 0.29) is 24.0 Å². The Morgan fingerprint density at radius 1 is 1.33 bits per heavy atom. The summed E-state index contributed by atoms with van der Waals surface area (Å²) in [6, 6.07) is 10.6. The molecule has 3 atom stereocenters. The molecule has 0 radical (unpaired) electrons. The van der Waals surface area contributed by atoms with E-state index in [1.807, 2.05) is 6.07 Å². The first-order chi connectivity index (χ1) is 11.8. The Kier molecular flexibility index (Phi) is 6.24. The van der Waals surface area contributed by atoms with Crippen molar-refractivity contribution in [2.24, 2.45) is 5.92 Å². The first-order valence-corrected chi connectivity index (χ1v) is 9.02. The van der Waals surface area contributed by atoms with Gasteiger partial charge in [0.05, 0.1) is 31.3 Å². The summed E-state index contributed by atoms with van der Waals surface area (Å²) in [6.07, 6.45) is 1.76. The van der Waals surface area contributed by atoms with Gasteiger partial charge in [0.25, 0.3) is 0 Å². The number of morpholine rings is 1. The van der Waals surface area contributed by atoms with Gasteiger partial charge in [-0.1, -0.05) is 37.3 Å². The lowest BCUT2D eigenvalue weighted by molar-refractivity contribution is -0.128. The van der Waals surface area contributed by atoms with Gasteiger partial charge in [-0.15, -0.1) is 0 Å². The molecule has 1 amide bonds. The van der Waals surface area contributed by atoms with Gasteiger partial charge in [0.2, 0.25) is 5.91 Å². The molecule has 2 fully saturated rings. The molecule has 1 aromatic carbocycles. The molecule has 1 aromatic rings. The largest absolute Gasteiger partial charge is 0.381 e. The fourth-order valence-electron chi connectivity index (χ4n) is 3.46. The van der Waals surface area contributed by atoms with Crippen LogP contribution < -0.4 is 5.32 Å². The SMILES string of the molecule is CCC(NC(=O)C1CCOC1)C1CN(Cc2ccccc2)CCO1. The van der Waals surface area contributed by atoms with Crippen LogP contribution in [0.5, 0.6) is 0 Å². The van der Waals surface area contributed by atoms with Gasteiger partial charge in [0, 0.05) is 26.2 Å². The minimum Gasteiger partial charge on any atom is -0.381 e. The zero-order chi connectivity index (χ0) is 16.8. The molecule has 2 heterocycles. The third-order valence-electron chi connectivity index (χ3n) is 4.94. The van der Waals surface area contributed by atoms with Gasteiger partial charge in [-0.2, -0.15) is 0 Å². The fraction of sp³-hybridized carbons (Fsp3) is 0.632. The van der Waals surface area contributed by atoms with Crippen molar-refractivity contribution in [3.8, 4) is 0 Å². The highest BCUT2D eigenvalue weighted by Gasteiger charge is 2.31. The van der Waals surface area contributed by atoms with Crippen molar-refractivity contribution in [3.63, 3.8) is 0 Å². The van der Waals surface area contributed by atoms with E-state index in [0.29, 0.717) is 13.2 Å². The average molecular weight is 332 g/mol. The van der Waals surface area contributed by atoms with Crippen LogP contribution in [0.15, 0.2) is 30.3 Å². The predicted molar refractivity (Wildman–Crippen MR) is 92.6 cm³/mol. The lowest BCUT2D eigenvalue weighted by atomic mass is 10.0. The molecule has 2 saturated heterocycles. The van der Waals surface area contributed by atoms with Crippen molar-refractivity contribution < 1.29 is 14.3 Å². The van der Waals surface area contributed by atoms with Gasteiger partial charge in [-0.25, -0.2) is 0 Å². The molecule has 132 valence electrons. The minimum atomic E-state index is 0.00284. The predicted octanol–water partition coefficient (Wildman–Crippen LogP) is 1.82. The second-order valence-corrected chi connectivity index (χ2v) is 6.71. The van der Waals surface area contributed by atoms with E-state index in [2.05, 4.69) is 41.4 Å². The maximum atomic E-state index is 12.4. The van der Waals surface area contributed by atoms with E-state index in [0.717, 1.165) is 39.1 Å². The van der Waals surface area contributed by atoms with E-state index in [1.54, 1.807) is 0 Å². The minimum absolute atomic E-state index is 0.00284. The van der Waals surface area contributed by atoms with Crippen molar-refractivity contribution >= 4 is 5.91 Å².